The van der Waals surface area contributed by atoms with Crippen molar-refractivity contribution >= 4 is 17.2 Å². The zero-order valence-electron chi connectivity index (χ0n) is 10.4. The molecule has 1 atom stereocenters. The summed E-state index contributed by atoms with van der Waals surface area (Å²) in [6, 6.07) is 7.90. The minimum atomic E-state index is 0.245. The molecule has 1 aliphatic heterocycles. The predicted octanol–water partition coefficient (Wildman–Crippen LogP) is 2.46. The summed E-state index contributed by atoms with van der Waals surface area (Å²) in [6.45, 7) is 1.50. The normalized spacial score (nSPS) is 19.4. The van der Waals surface area contributed by atoms with Crippen LogP contribution in [0, 0.1) is 0 Å². The van der Waals surface area contributed by atoms with E-state index in [9.17, 15) is 0 Å². The summed E-state index contributed by atoms with van der Waals surface area (Å²) < 4.78 is 11.3. The van der Waals surface area contributed by atoms with E-state index in [4.69, 9.17) is 27.4 Å². The van der Waals surface area contributed by atoms with Crippen LogP contribution in [0.5, 0.6) is 5.75 Å². The molecule has 0 bridgehead atoms. The topological polar surface area (TPSA) is 44.5 Å². The van der Waals surface area contributed by atoms with E-state index in [1.807, 2.05) is 24.3 Å². The van der Waals surface area contributed by atoms with Crippen LogP contribution in [-0.2, 0) is 11.2 Å². The van der Waals surface area contributed by atoms with Gasteiger partial charge < -0.3 is 15.2 Å². The van der Waals surface area contributed by atoms with Crippen molar-refractivity contribution in [3.8, 4) is 5.75 Å². The summed E-state index contributed by atoms with van der Waals surface area (Å²) in [5.74, 6) is 0.871. The Bertz CT molecular complexity index is 385. The molecule has 2 rings (SSSR count). The van der Waals surface area contributed by atoms with E-state index < -0.39 is 0 Å². The van der Waals surface area contributed by atoms with Gasteiger partial charge in [-0.25, -0.2) is 0 Å². The molecular formula is C14H19NO2S. The highest BCUT2D eigenvalue weighted by Crippen LogP contribution is 2.16. The van der Waals surface area contributed by atoms with Crippen LogP contribution in [0.25, 0.3) is 0 Å². The van der Waals surface area contributed by atoms with Crippen LogP contribution in [0.15, 0.2) is 24.3 Å². The van der Waals surface area contributed by atoms with Gasteiger partial charge in [0.05, 0.1) is 11.1 Å². The van der Waals surface area contributed by atoms with E-state index in [2.05, 4.69) is 0 Å². The highest BCUT2D eigenvalue weighted by atomic mass is 32.1. The van der Waals surface area contributed by atoms with Gasteiger partial charge in [0.2, 0.25) is 0 Å². The molecule has 4 heteroatoms. The summed E-state index contributed by atoms with van der Waals surface area (Å²) in [7, 11) is 0. The molecule has 18 heavy (non-hydrogen) atoms. The molecule has 0 aromatic heterocycles. The van der Waals surface area contributed by atoms with Crippen molar-refractivity contribution in [3.63, 3.8) is 0 Å². The Kier molecular flexibility index (Phi) is 4.96. The summed E-state index contributed by atoms with van der Waals surface area (Å²) >= 11 is 4.88. The molecule has 1 aliphatic rings. The summed E-state index contributed by atoms with van der Waals surface area (Å²) in [6.07, 6.45) is 4.39. The van der Waals surface area contributed by atoms with Gasteiger partial charge in [-0.2, -0.15) is 0 Å². The molecule has 1 fully saturated rings. The van der Waals surface area contributed by atoms with Gasteiger partial charge in [0, 0.05) is 13.0 Å². The van der Waals surface area contributed by atoms with Gasteiger partial charge in [0.1, 0.15) is 12.4 Å². The average molecular weight is 265 g/mol. The molecule has 1 aromatic carbocycles. The minimum Gasteiger partial charge on any atom is -0.491 e. The number of ether oxygens (including phenoxy) is 2. The fraction of sp³-hybridized carbons (Fsp3) is 0.500. The van der Waals surface area contributed by atoms with Crippen LogP contribution in [0.1, 0.15) is 24.8 Å². The number of benzene rings is 1. The molecule has 1 saturated heterocycles. The van der Waals surface area contributed by atoms with Gasteiger partial charge in [-0.3, -0.25) is 0 Å². The maximum Gasteiger partial charge on any atom is 0.119 e. The molecule has 2 N–H and O–H groups in total. The summed E-state index contributed by atoms with van der Waals surface area (Å²) in [4.78, 5) is 0.513. The van der Waals surface area contributed by atoms with Crippen LogP contribution in [0.4, 0.5) is 0 Å². The molecule has 0 spiro atoms. The third-order valence-corrected chi connectivity index (χ3v) is 3.16. The molecule has 1 unspecified atom stereocenters. The lowest BCUT2D eigenvalue weighted by atomic mass is 10.1. The highest BCUT2D eigenvalue weighted by Gasteiger charge is 2.14. The zero-order valence-corrected chi connectivity index (χ0v) is 11.2. The van der Waals surface area contributed by atoms with E-state index in [0.29, 0.717) is 18.0 Å². The molecule has 1 aromatic rings. The summed E-state index contributed by atoms with van der Waals surface area (Å²) in [5, 5.41) is 0. The van der Waals surface area contributed by atoms with Crippen molar-refractivity contribution in [3.05, 3.63) is 29.8 Å². The Balaban J connectivity index is 1.80. The molecule has 98 valence electrons. The van der Waals surface area contributed by atoms with E-state index >= 15 is 0 Å². The number of thiocarbonyl (C=S) groups is 1. The second-order valence-corrected chi connectivity index (χ2v) is 5.11. The molecule has 0 radical (unpaired) electrons. The Morgan fingerprint density at radius 3 is 2.72 bits per heavy atom. The van der Waals surface area contributed by atoms with Crippen LogP contribution in [-0.4, -0.2) is 24.3 Å². The minimum absolute atomic E-state index is 0.245. The van der Waals surface area contributed by atoms with Gasteiger partial charge in [0.25, 0.3) is 0 Å². The van der Waals surface area contributed by atoms with Gasteiger partial charge in [-0.05, 0) is 37.0 Å². The molecular weight excluding hydrogens is 246 g/mol. The first kappa shape index (κ1) is 13.3. The second kappa shape index (κ2) is 6.71. The van der Waals surface area contributed by atoms with Gasteiger partial charge in [-0.1, -0.05) is 24.4 Å². The van der Waals surface area contributed by atoms with Crippen molar-refractivity contribution in [2.45, 2.75) is 31.8 Å². The monoisotopic (exact) mass is 265 g/mol. The van der Waals surface area contributed by atoms with E-state index in [1.54, 1.807) is 0 Å². The molecule has 3 nitrogen and oxygen atoms in total. The Hall–Kier alpha value is -1.13. The second-order valence-electron chi connectivity index (χ2n) is 4.59. The largest absolute Gasteiger partial charge is 0.491 e. The van der Waals surface area contributed by atoms with Gasteiger partial charge in [-0.15, -0.1) is 0 Å². The Morgan fingerprint density at radius 1 is 1.33 bits per heavy atom. The van der Waals surface area contributed by atoms with E-state index in [-0.39, 0.29) is 6.10 Å². The van der Waals surface area contributed by atoms with Crippen molar-refractivity contribution in [1.29, 1.82) is 0 Å². The smallest absolute Gasteiger partial charge is 0.119 e. The fourth-order valence-corrected chi connectivity index (χ4v) is 2.20. The standard InChI is InChI=1S/C14H19NO2S/c15-14(18)9-11-4-6-12(7-5-11)17-10-13-3-1-2-8-16-13/h4-7,13H,1-3,8-10H2,(H2,15,18). The number of hydrogen-bond acceptors (Lipinski definition) is 3. The number of hydrogen-bond donors (Lipinski definition) is 1. The molecule has 1 heterocycles. The third kappa shape index (κ3) is 4.27. The number of rotatable bonds is 5. The third-order valence-electron chi connectivity index (χ3n) is 3.01. The van der Waals surface area contributed by atoms with Crippen molar-refractivity contribution < 1.29 is 9.47 Å². The van der Waals surface area contributed by atoms with Crippen LogP contribution < -0.4 is 10.5 Å². The highest BCUT2D eigenvalue weighted by molar-refractivity contribution is 7.80. The predicted molar refractivity (Wildman–Crippen MR) is 76.0 cm³/mol. The lowest BCUT2D eigenvalue weighted by Crippen LogP contribution is -2.25. The van der Waals surface area contributed by atoms with E-state index in [1.165, 1.54) is 12.8 Å². The van der Waals surface area contributed by atoms with Gasteiger partial charge in [0.15, 0.2) is 0 Å². The number of nitrogens with two attached hydrogens (primary N) is 1. The molecule has 0 saturated carbocycles. The van der Waals surface area contributed by atoms with E-state index in [0.717, 1.165) is 24.3 Å². The SMILES string of the molecule is NC(=S)Cc1ccc(OCC2CCCCO2)cc1. The first-order valence-electron chi connectivity index (χ1n) is 6.35. The van der Waals surface area contributed by atoms with Crippen molar-refractivity contribution in [1.82, 2.24) is 0 Å². The molecule has 0 aliphatic carbocycles. The average Bonchev–Trinajstić information content (AvgIpc) is 2.38. The maximum atomic E-state index is 5.72. The van der Waals surface area contributed by atoms with Gasteiger partial charge >= 0.3 is 0 Å². The fourth-order valence-electron chi connectivity index (χ4n) is 2.03. The Morgan fingerprint density at radius 2 is 2.11 bits per heavy atom. The van der Waals surface area contributed by atoms with Crippen LogP contribution in [0.3, 0.4) is 0 Å². The lowest BCUT2D eigenvalue weighted by Gasteiger charge is -2.22. The Labute approximate surface area is 113 Å². The van der Waals surface area contributed by atoms with Crippen molar-refractivity contribution in [2.75, 3.05) is 13.2 Å². The first-order chi connectivity index (χ1) is 8.74. The lowest BCUT2D eigenvalue weighted by molar-refractivity contribution is -0.0110. The quantitative estimate of drug-likeness (QED) is 0.831. The first-order valence-corrected chi connectivity index (χ1v) is 6.76. The van der Waals surface area contributed by atoms with Crippen LogP contribution in [0.2, 0.25) is 0 Å². The summed E-state index contributed by atoms with van der Waals surface area (Å²) in [5.41, 5.74) is 6.62. The maximum absolute atomic E-state index is 5.72. The zero-order chi connectivity index (χ0) is 12.8. The van der Waals surface area contributed by atoms with Crippen molar-refractivity contribution in [2.24, 2.45) is 5.73 Å². The molecule has 0 amide bonds. The van der Waals surface area contributed by atoms with Crippen LogP contribution >= 0.6 is 12.2 Å².